The van der Waals surface area contributed by atoms with Crippen LogP contribution in [0, 0.1) is 0 Å². The van der Waals surface area contributed by atoms with Gasteiger partial charge in [-0.15, -0.1) is 11.6 Å². The summed E-state index contributed by atoms with van der Waals surface area (Å²) in [6.07, 6.45) is 0. The summed E-state index contributed by atoms with van der Waals surface area (Å²) in [6, 6.07) is 6.83. The maximum atomic E-state index is 12.5. The van der Waals surface area contributed by atoms with Gasteiger partial charge in [0.05, 0.1) is 22.9 Å². The van der Waals surface area contributed by atoms with Gasteiger partial charge in [-0.05, 0) is 17.0 Å². The van der Waals surface area contributed by atoms with Gasteiger partial charge in [-0.1, -0.05) is 39.0 Å². The van der Waals surface area contributed by atoms with E-state index in [1.807, 2.05) is 32.9 Å². The minimum Gasteiger partial charge on any atom is -0.347 e. The molecule has 1 aromatic rings. The highest BCUT2D eigenvalue weighted by atomic mass is 35.5. The van der Waals surface area contributed by atoms with Crippen LogP contribution in [0.4, 0.5) is 0 Å². The Balaban J connectivity index is 2.23. The maximum absolute atomic E-state index is 12.5. The fourth-order valence-corrected chi connectivity index (χ4v) is 5.07. The molecular weight excluding hydrogens is 310 g/mol. The van der Waals surface area contributed by atoms with Crippen molar-refractivity contribution < 1.29 is 13.2 Å². The molecule has 1 heterocycles. The van der Waals surface area contributed by atoms with E-state index in [0.29, 0.717) is 5.56 Å². The summed E-state index contributed by atoms with van der Waals surface area (Å²) in [7, 11) is -3.16. The van der Waals surface area contributed by atoms with Crippen molar-refractivity contribution in [2.75, 3.05) is 11.5 Å². The van der Waals surface area contributed by atoms with Crippen molar-refractivity contribution in [3.8, 4) is 0 Å². The summed E-state index contributed by atoms with van der Waals surface area (Å²) in [6.45, 7) is 6.09. The van der Waals surface area contributed by atoms with Crippen LogP contribution >= 0.6 is 11.6 Å². The number of alkyl halides is 1. The van der Waals surface area contributed by atoms with E-state index in [1.54, 1.807) is 12.1 Å². The summed E-state index contributed by atoms with van der Waals surface area (Å²) in [5.41, 5.74) is 1.32. The Hall–Kier alpha value is -1.07. The average molecular weight is 330 g/mol. The Kier molecular flexibility index (Phi) is 4.36. The van der Waals surface area contributed by atoms with E-state index in [1.165, 1.54) is 0 Å². The number of benzene rings is 1. The van der Waals surface area contributed by atoms with Gasteiger partial charge < -0.3 is 5.32 Å². The Bertz CT molecular complexity index is 649. The number of amides is 1. The fourth-order valence-electron chi connectivity index (χ4n) is 2.52. The Morgan fingerprint density at radius 1 is 1.24 bits per heavy atom. The van der Waals surface area contributed by atoms with Crippen LogP contribution < -0.4 is 5.32 Å². The first-order chi connectivity index (χ1) is 9.60. The van der Waals surface area contributed by atoms with Crippen LogP contribution in [-0.2, 0) is 15.3 Å². The van der Waals surface area contributed by atoms with E-state index >= 15 is 0 Å². The second-order valence-corrected chi connectivity index (χ2v) is 9.18. The molecule has 1 saturated heterocycles. The molecule has 0 aromatic heterocycles. The third-order valence-corrected chi connectivity index (χ3v) is 5.95. The van der Waals surface area contributed by atoms with Gasteiger partial charge in [0.25, 0.3) is 5.91 Å². The van der Waals surface area contributed by atoms with Gasteiger partial charge in [0.2, 0.25) is 0 Å². The second kappa shape index (κ2) is 5.61. The van der Waals surface area contributed by atoms with Crippen LogP contribution in [0.5, 0.6) is 0 Å². The molecule has 2 unspecified atom stereocenters. The minimum atomic E-state index is -3.16. The number of hydrogen-bond donors (Lipinski definition) is 1. The Morgan fingerprint density at radius 3 is 2.38 bits per heavy atom. The van der Waals surface area contributed by atoms with E-state index in [0.717, 1.165) is 5.56 Å². The summed E-state index contributed by atoms with van der Waals surface area (Å²) >= 11 is 6.03. The SMILES string of the molecule is CC(C)(C)c1ccccc1C(=O)NC1CS(=O)(=O)CC1Cl. The van der Waals surface area contributed by atoms with Gasteiger partial charge in [0, 0.05) is 5.56 Å². The third-order valence-electron chi connectivity index (χ3n) is 3.58. The topological polar surface area (TPSA) is 63.2 Å². The molecule has 1 aliphatic heterocycles. The normalized spacial score (nSPS) is 24.8. The van der Waals surface area contributed by atoms with Crippen molar-refractivity contribution in [1.29, 1.82) is 0 Å². The third kappa shape index (κ3) is 3.77. The lowest BCUT2D eigenvalue weighted by Gasteiger charge is -2.23. The molecule has 2 atom stereocenters. The fraction of sp³-hybridized carbons (Fsp3) is 0.533. The number of carbonyl (C=O) groups excluding carboxylic acids is 1. The highest BCUT2D eigenvalue weighted by Crippen LogP contribution is 2.26. The zero-order chi connectivity index (χ0) is 15.8. The van der Waals surface area contributed by atoms with Gasteiger partial charge >= 0.3 is 0 Å². The number of nitrogens with one attached hydrogen (secondary N) is 1. The molecule has 4 nitrogen and oxygen atoms in total. The van der Waals surface area contributed by atoms with Gasteiger partial charge in [0.1, 0.15) is 0 Å². The lowest BCUT2D eigenvalue weighted by molar-refractivity contribution is 0.0939. The smallest absolute Gasteiger partial charge is 0.251 e. The molecule has 1 fully saturated rings. The predicted octanol–water partition coefficient (Wildman–Crippen LogP) is 2.12. The van der Waals surface area contributed by atoms with Gasteiger partial charge in [-0.3, -0.25) is 4.79 Å². The number of rotatable bonds is 2. The summed E-state index contributed by atoms with van der Waals surface area (Å²) < 4.78 is 23.1. The highest BCUT2D eigenvalue weighted by molar-refractivity contribution is 7.91. The Morgan fingerprint density at radius 2 is 1.86 bits per heavy atom. The first-order valence-corrected chi connectivity index (χ1v) is 9.11. The first kappa shape index (κ1) is 16.3. The molecule has 6 heteroatoms. The van der Waals surface area contributed by atoms with E-state index < -0.39 is 21.3 Å². The van der Waals surface area contributed by atoms with Crippen molar-refractivity contribution in [2.45, 2.75) is 37.6 Å². The van der Waals surface area contributed by atoms with Crippen LogP contribution in [0.25, 0.3) is 0 Å². The number of hydrogen-bond acceptors (Lipinski definition) is 3. The van der Waals surface area contributed by atoms with Crippen molar-refractivity contribution in [3.05, 3.63) is 35.4 Å². The molecule has 1 amide bonds. The van der Waals surface area contributed by atoms with Crippen LogP contribution in [0.3, 0.4) is 0 Å². The molecule has 116 valence electrons. The molecule has 0 aliphatic carbocycles. The van der Waals surface area contributed by atoms with Crippen LogP contribution in [-0.4, -0.2) is 37.2 Å². The summed E-state index contributed by atoms with van der Waals surface area (Å²) in [5, 5.41) is 2.19. The van der Waals surface area contributed by atoms with Gasteiger partial charge in [0.15, 0.2) is 9.84 Å². The zero-order valence-electron chi connectivity index (χ0n) is 12.4. The lowest BCUT2D eigenvalue weighted by Crippen LogP contribution is -2.41. The molecule has 1 aromatic carbocycles. The molecule has 2 rings (SSSR count). The van der Waals surface area contributed by atoms with Crippen molar-refractivity contribution in [3.63, 3.8) is 0 Å². The highest BCUT2D eigenvalue weighted by Gasteiger charge is 2.37. The summed E-state index contributed by atoms with van der Waals surface area (Å²) in [5.74, 6) is -0.446. The average Bonchev–Trinajstić information content (AvgIpc) is 2.61. The molecule has 1 aliphatic rings. The van der Waals surface area contributed by atoms with Crippen molar-refractivity contribution in [2.24, 2.45) is 0 Å². The molecule has 0 radical (unpaired) electrons. The van der Waals surface area contributed by atoms with Gasteiger partial charge in [-0.25, -0.2) is 8.42 Å². The molecule has 0 bridgehead atoms. The number of carbonyl (C=O) groups is 1. The monoisotopic (exact) mass is 329 g/mol. The van der Waals surface area contributed by atoms with Crippen LogP contribution in [0.2, 0.25) is 0 Å². The molecule has 0 saturated carbocycles. The first-order valence-electron chi connectivity index (χ1n) is 6.85. The number of halogens is 1. The summed E-state index contributed by atoms with van der Waals surface area (Å²) in [4.78, 5) is 12.5. The van der Waals surface area contributed by atoms with Crippen LogP contribution in [0.1, 0.15) is 36.7 Å². The predicted molar refractivity (Wildman–Crippen MR) is 84.7 cm³/mol. The second-order valence-electron chi connectivity index (χ2n) is 6.47. The van der Waals surface area contributed by atoms with Gasteiger partial charge in [-0.2, -0.15) is 0 Å². The lowest BCUT2D eigenvalue weighted by atomic mass is 9.83. The largest absolute Gasteiger partial charge is 0.347 e. The maximum Gasteiger partial charge on any atom is 0.251 e. The number of sulfone groups is 1. The zero-order valence-corrected chi connectivity index (χ0v) is 14.0. The van der Waals surface area contributed by atoms with E-state index in [-0.39, 0.29) is 22.8 Å². The molecule has 0 spiro atoms. The van der Waals surface area contributed by atoms with E-state index in [2.05, 4.69) is 5.32 Å². The quantitative estimate of drug-likeness (QED) is 0.845. The van der Waals surface area contributed by atoms with Crippen molar-refractivity contribution in [1.82, 2.24) is 5.32 Å². The molecular formula is C15H20ClNO3S. The molecule has 21 heavy (non-hydrogen) atoms. The minimum absolute atomic E-state index is 0.0829. The van der Waals surface area contributed by atoms with Crippen LogP contribution in [0.15, 0.2) is 24.3 Å². The van der Waals surface area contributed by atoms with E-state index in [4.69, 9.17) is 11.6 Å². The van der Waals surface area contributed by atoms with Crippen molar-refractivity contribution >= 4 is 27.3 Å². The standard InChI is InChI=1S/C15H20ClNO3S/c1-15(2,3)11-7-5-4-6-10(11)14(18)17-13-9-21(19,20)8-12(13)16/h4-7,12-13H,8-9H2,1-3H3,(H,17,18). The molecule has 1 N–H and O–H groups in total. The van der Waals surface area contributed by atoms with E-state index in [9.17, 15) is 13.2 Å². The Labute approximate surface area is 130 Å².